The average molecular weight is 426 g/mol. The summed E-state index contributed by atoms with van der Waals surface area (Å²) in [7, 11) is 0.724. The van der Waals surface area contributed by atoms with Crippen LogP contribution in [0.2, 0.25) is 5.02 Å². The van der Waals surface area contributed by atoms with E-state index in [9.17, 15) is 0 Å². The Labute approximate surface area is 184 Å². The van der Waals surface area contributed by atoms with Gasteiger partial charge in [-0.15, -0.1) is 0 Å². The molecule has 0 saturated heterocycles. The van der Waals surface area contributed by atoms with E-state index in [4.69, 9.17) is 21.3 Å². The van der Waals surface area contributed by atoms with Crippen LogP contribution in [-0.2, 0) is 5.41 Å². The topological polar surface area (TPSA) is 29.5 Å². The molecule has 1 atom stereocenters. The molecule has 1 unspecified atom stereocenters. The quantitative estimate of drug-likeness (QED) is 0.341. The fourth-order valence-electron chi connectivity index (χ4n) is 5.00. The predicted octanol–water partition coefficient (Wildman–Crippen LogP) is 6.07. The van der Waals surface area contributed by atoms with Gasteiger partial charge in [0.05, 0.1) is 5.41 Å². The third-order valence-electron chi connectivity index (χ3n) is 6.06. The summed E-state index contributed by atoms with van der Waals surface area (Å²) in [5, 5.41) is 9.87. The van der Waals surface area contributed by atoms with Crippen molar-refractivity contribution in [1.82, 2.24) is 0 Å². The number of halogens is 1. The zero-order valence-electron chi connectivity index (χ0n) is 15.8. The molecule has 1 N–H and O–H groups in total. The van der Waals surface area contributed by atoms with Crippen molar-refractivity contribution in [1.29, 1.82) is 0 Å². The number of hydrogen-bond donors (Lipinski definition) is 1. The Morgan fingerprint density at radius 3 is 2.30 bits per heavy atom. The minimum atomic E-state index is -0.421. The highest BCUT2D eigenvalue weighted by Gasteiger charge is 2.50. The maximum Gasteiger partial charge on any atom is 0.569 e. The van der Waals surface area contributed by atoms with Gasteiger partial charge in [-0.1, -0.05) is 78.0 Å². The lowest BCUT2D eigenvalue weighted by molar-refractivity contribution is 0.454. The van der Waals surface area contributed by atoms with E-state index >= 15 is 0 Å². The molecule has 6 rings (SSSR count). The third kappa shape index (κ3) is 2.33. The van der Waals surface area contributed by atoms with Crippen molar-refractivity contribution in [3.63, 3.8) is 0 Å². The molecule has 0 amide bonds. The molecule has 1 aliphatic carbocycles. The summed E-state index contributed by atoms with van der Waals surface area (Å²) >= 11 is 8.17. The Morgan fingerprint density at radius 1 is 0.733 bits per heavy atom. The van der Waals surface area contributed by atoms with Gasteiger partial charge in [0.25, 0.3) is 0 Å². The van der Waals surface area contributed by atoms with Crippen LogP contribution in [0.4, 0.5) is 0 Å². The fourth-order valence-corrected chi connectivity index (χ4v) is 6.47. The number of benzene rings is 4. The Morgan fingerprint density at radius 2 is 1.43 bits per heavy atom. The molecule has 30 heavy (non-hydrogen) atoms. The lowest BCUT2D eigenvalue weighted by Crippen LogP contribution is -2.31. The highest BCUT2D eigenvalue weighted by molar-refractivity contribution is 7.99. The van der Waals surface area contributed by atoms with Gasteiger partial charge in [0.1, 0.15) is 5.75 Å². The van der Waals surface area contributed by atoms with Crippen molar-refractivity contribution in [2.24, 2.45) is 0 Å². The maximum atomic E-state index is 9.13. The van der Waals surface area contributed by atoms with Crippen molar-refractivity contribution in [3.05, 3.63) is 112 Å². The van der Waals surface area contributed by atoms with Crippen LogP contribution in [0.1, 0.15) is 22.3 Å². The molecule has 5 heteroatoms. The van der Waals surface area contributed by atoms with Crippen molar-refractivity contribution in [2.75, 3.05) is 0 Å². The summed E-state index contributed by atoms with van der Waals surface area (Å²) in [6, 6.07) is 29.4. The molecular formula is C25H15BClO2S. The van der Waals surface area contributed by atoms with Gasteiger partial charge in [0.15, 0.2) is 0 Å². The van der Waals surface area contributed by atoms with Crippen LogP contribution in [0, 0.1) is 0 Å². The van der Waals surface area contributed by atoms with Gasteiger partial charge >= 0.3 is 7.69 Å². The van der Waals surface area contributed by atoms with Crippen LogP contribution < -0.4 is 4.65 Å². The van der Waals surface area contributed by atoms with Gasteiger partial charge < -0.3 is 9.68 Å². The van der Waals surface area contributed by atoms with E-state index in [0.717, 1.165) is 18.3 Å². The molecule has 0 aromatic heterocycles. The van der Waals surface area contributed by atoms with Crippen LogP contribution in [-0.4, -0.2) is 12.7 Å². The van der Waals surface area contributed by atoms with Crippen molar-refractivity contribution < 1.29 is 9.68 Å². The predicted molar refractivity (Wildman–Crippen MR) is 121 cm³/mol. The van der Waals surface area contributed by atoms with Crippen molar-refractivity contribution in [2.45, 2.75) is 15.2 Å². The summed E-state index contributed by atoms with van der Waals surface area (Å²) < 4.78 is 5.29. The number of rotatable bonds is 2. The van der Waals surface area contributed by atoms with Gasteiger partial charge in [-0.3, -0.25) is 0 Å². The monoisotopic (exact) mass is 425 g/mol. The maximum absolute atomic E-state index is 9.13. The highest BCUT2D eigenvalue weighted by atomic mass is 35.5. The molecule has 0 saturated carbocycles. The summed E-state index contributed by atoms with van der Waals surface area (Å²) in [6.45, 7) is 0. The molecule has 2 nitrogen and oxygen atoms in total. The minimum Gasteiger partial charge on any atom is -0.537 e. The lowest BCUT2D eigenvalue weighted by atomic mass is 9.67. The molecule has 1 heterocycles. The Balaban J connectivity index is 1.78. The van der Waals surface area contributed by atoms with Crippen LogP contribution in [0.3, 0.4) is 0 Å². The molecule has 1 radical (unpaired) electrons. The van der Waals surface area contributed by atoms with Gasteiger partial charge in [-0.05, 0) is 63.7 Å². The molecule has 4 aromatic carbocycles. The Hall–Kier alpha value is -2.66. The summed E-state index contributed by atoms with van der Waals surface area (Å²) in [5.74, 6) is 0.609. The summed E-state index contributed by atoms with van der Waals surface area (Å²) in [4.78, 5) is 2.41. The Kier molecular flexibility index (Phi) is 4.04. The first-order chi connectivity index (χ1) is 14.7. The molecule has 0 fully saturated rings. The zero-order valence-corrected chi connectivity index (χ0v) is 17.4. The molecule has 4 aromatic rings. The number of hydrogen-bond acceptors (Lipinski definition) is 3. The van der Waals surface area contributed by atoms with Gasteiger partial charge in [0, 0.05) is 14.8 Å². The lowest BCUT2D eigenvalue weighted by Gasteiger charge is -2.39. The Bertz CT molecular complexity index is 1320. The van der Waals surface area contributed by atoms with Crippen LogP contribution >= 0.6 is 23.4 Å². The van der Waals surface area contributed by atoms with E-state index in [1.807, 2.05) is 18.2 Å². The van der Waals surface area contributed by atoms with E-state index in [1.165, 1.54) is 37.6 Å². The van der Waals surface area contributed by atoms with Crippen LogP contribution in [0.5, 0.6) is 5.75 Å². The standard InChI is InChI=1S/C25H15BClO2S/c27-15-9-11-22-24(13-15)30-23-8-4-3-7-21(23)25(22)19-6-2-1-5-17(19)18-14-16(29-26-28)10-12-20(18)25/h1-14,28H. The molecule has 1 aliphatic heterocycles. The first kappa shape index (κ1) is 18.1. The van der Waals surface area contributed by atoms with Gasteiger partial charge in [0.2, 0.25) is 0 Å². The first-order valence-corrected chi connectivity index (χ1v) is 10.9. The normalized spacial score (nSPS) is 17.7. The van der Waals surface area contributed by atoms with Crippen molar-refractivity contribution >= 4 is 31.0 Å². The third-order valence-corrected chi connectivity index (χ3v) is 7.43. The molecule has 0 bridgehead atoms. The van der Waals surface area contributed by atoms with Crippen LogP contribution in [0.25, 0.3) is 11.1 Å². The van der Waals surface area contributed by atoms with E-state index in [2.05, 4.69) is 66.7 Å². The zero-order chi connectivity index (χ0) is 20.3. The fraction of sp³-hybridized carbons (Fsp3) is 0.0400. The SMILES string of the molecule is O[B]Oc1ccc2c(c1)-c1ccccc1C21c2ccccc2Sc2cc(Cl)ccc21. The van der Waals surface area contributed by atoms with Gasteiger partial charge in [-0.25, -0.2) is 0 Å². The van der Waals surface area contributed by atoms with Crippen LogP contribution in [0.15, 0.2) is 94.7 Å². The largest absolute Gasteiger partial charge is 0.569 e. The smallest absolute Gasteiger partial charge is 0.537 e. The van der Waals surface area contributed by atoms with Gasteiger partial charge in [-0.2, -0.15) is 0 Å². The molecule has 143 valence electrons. The van der Waals surface area contributed by atoms with E-state index in [-0.39, 0.29) is 0 Å². The highest BCUT2D eigenvalue weighted by Crippen LogP contribution is 2.62. The van der Waals surface area contributed by atoms with E-state index in [0.29, 0.717) is 5.75 Å². The van der Waals surface area contributed by atoms with E-state index in [1.54, 1.807) is 11.8 Å². The summed E-state index contributed by atoms with van der Waals surface area (Å²) in [5.41, 5.74) is 6.86. The van der Waals surface area contributed by atoms with E-state index < -0.39 is 5.41 Å². The van der Waals surface area contributed by atoms with Crippen molar-refractivity contribution in [3.8, 4) is 16.9 Å². The minimum absolute atomic E-state index is 0.421. The molecule has 2 aliphatic rings. The number of fused-ring (bicyclic) bond motifs is 9. The average Bonchev–Trinajstić information content (AvgIpc) is 3.05. The molecule has 1 spiro atoms. The first-order valence-electron chi connectivity index (χ1n) is 9.68. The molecular weight excluding hydrogens is 411 g/mol. The second-order valence-corrected chi connectivity index (χ2v) is 8.99. The second-order valence-electron chi connectivity index (χ2n) is 7.46. The summed E-state index contributed by atoms with van der Waals surface area (Å²) in [6.07, 6.45) is 0. The second kappa shape index (κ2) is 6.68.